The number of fused-ring (bicyclic) bond motifs is 1. The van der Waals surface area contributed by atoms with Crippen LogP contribution in [0.5, 0.6) is 11.5 Å². The molecule has 2 aromatic carbocycles. The number of carbonyl (C=O) groups is 3. The van der Waals surface area contributed by atoms with Crippen molar-refractivity contribution in [1.29, 1.82) is 0 Å². The first-order valence-corrected chi connectivity index (χ1v) is 10.1. The van der Waals surface area contributed by atoms with Crippen molar-refractivity contribution in [3.8, 4) is 11.5 Å². The number of carbonyl (C=O) groups excluding carboxylic acids is 3. The zero-order valence-corrected chi connectivity index (χ0v) is 17.7. The fourth-order valence-corrected chi connectivity index (χ4v) is 4.14. The normalized spacial score (nSPS) is 20.2. The first kappa shape index (κ1) is 20.7. The molecule has 0 unspecified atom stereocenters. The van der Waals surface area contributed by atoms with Crippen LogP contribution in [0.2, 0.25) is 0 Å². The number of benzene rings is 2. The Bertz CT molecular complexity index is 1050. The molecule has 1 fully saturated rings. The lowest BCUT2D eigenvalue weighted by atomic mass is 9.82. The maximum Gasteiger partial charge on any atom is 0.255 e. The molecule has 1 heterocycles. The first-order chi connectivity index (χ1) is 14.9. The van der Waals surface area contributed by atoms with E-state index in [-0.39, 0.29) is 29.6 Å². The van der Waals surface area contributed by atoms with Crippen LogP contribution in [-0.2, 0) is 9.59 Å². The second-order valence-corrected chi connectivity index (χ2v) is 7.82. The summed E-state index contributed by atoms with van der Waals surface area (Å²) in [7, 11) is 3.07. The maximum atomic E-state index is 12.9. The molecule has 1 aliphatic heterocycles. The summed E-state index contributed by atoms with van der Waals surface area (Å²) in [5.41, 5.74) is 2.56. The third-order valence-corrected chi connectivity index (χ3v) is 5.82. The van der Waals surface area contributed by atoms with E-state index in [1.165, 1.54) is 19.1 Å². The summed E-state index contributed by atoms with van der Waals surface area (Å²) >= 11 is 0. The minimum atomic E-state index is -0.325. The molecule has 4 rings (SSSR count). The molecule has 7 heteroatoms. The third kappa shape index (κ3) is 3.91. The van der Waals surface area contributed by atoms with E-state index < -0.39 is 0 Å². The van der Waals surface area contributed by atoms with Crippen LogP contribution in [0.25, 0.3) is 0 Å². The van der Waals surface area contributed by atoms with Crippen molar-refractivity contribution in [2.24, 2.45) is 11.8 Å². The molecule has 0 aromatic heterocycles. The Kier molecular flexibility index (Phi) is 5.50. The quantitative estimate of drug-likeness (QED) is 0.587. The van der Waals surface area contributed by atoms with E-state index in [9.17, 15) is 14.4 Å². The highest BCUT2D eigenvalue weighted by molar-refractivity contribution is 6.22. The molecule has 0 saturated carbocycles. The van der Waals surface area contributed by atoms with Crippen LogP contribution in [0.4, 0.5) is 11.4 Å². The van der Waals surface area contributed by atoms with Crippen molar-refractivity contribution in [3.05, 3.63) is 59.7 Å². The average Bonchev–Trinajstić information content (AvgIpc) is 3.02. The molecular formula is C24H24N2O5. The second-order valence-electron chi connectivity index (χ2n) is 7.82. The fourth-order valence-electron chi connectivity index (χ4n) is 4.14. The van der Waals surface area contributed by atoms with E-state index >= 15 is 0 Å². The van der Waals surface area contributed by atoms with E-state index in [4.69, 9.17) is 9.47 Å². The van der Waals surface area contributed by atoms with Gasteiger partial charge in [0.15, 0.2) is 0 Å². The zero-order chi connectivity index (χ0) is 22.1. The molecule has 0 spiro atoms. The molecule has 2 atom stereocenters. The van der Waals surface area contributed by atoms with Crippen molar-refractivity contribution in [2.75, 3.05) is 24.4 Å². The van der Waals surface area contributed by atoms with Gasteiger partial charge in [-0.15, -0.1) is 0 Å². The average molecular weight is 420 g/mol. The number of imide groups is 1. The van der Waals surface area contributed by atoms with Gasteiger partial charge in [0, 0.05) is 29.4 Å². The van der Waals surface area contributed by atoms with Crippen LogP contribution >= 0.6 is 0 Å². The van der Waals surface area contributed by atoms with Gasteiger partial charge in [-0.2, -0.15) is 0 Å². The molecule has 2 aliphatic rings. The van der Waals surface area contributed by atoms with Crippen molar-refractivity contribution in [1.82, 2.24) is 0 Å². The van der Waals surface area contributed by atoms with Gasteiger partial charge in [0.2, 0.25) is 11.8 Å². The number of nitrogens with zero attached hydrogens (tertiary/aromatic N) is 1. The number of hydrogen-bond acceptors (Lipinski definition) is 5. The van der Waals surface area contributed by atoms with E-state index in [1.54, 1.807) is 42.5 Å². The van der Waals surface area contributed by atoms with Crippen molar-refractivity contribution < 1.29 is 23.9 Å². The Hall–Kier alpha value is -3.61. The summed E-state index contributed by atoms with van der Waals surface area (Å²) in [4.78, 5) is 39.6. The van der Waals surface area contributed by atoms with E-state index in [1.807, 2.05) is 13.0 Å². The minimum Gasteiger partial charge on any atom is -0.497 e. The lowest BCUT2D eigenvalue weighted by Gasteiger charge is -2.18. The van der Waals surface area contributed by atoms with Gasteiger partial charge in [0.05, 0.1) is 31.7 Å². The third-order valence-electron chi connectivity index (χ3n) is 5.82. The number of amides is 3. The molecule has 1 aliphatic carbocycles. The highest BCUT2D eigenvalue weighted by Gasteiger charge is 2.48. The number of anilines is 2. The number of allylic oxidation sites excluding steroid dienone is 2. The van der Waals surface area contributed by atoms with E-state index in [2.05, 4.69) is 5.32 Å². The van der Waals surface area contributed by atoms with Gasteiger partial charge in [-0.05, 0) is 44.0 Å². The van der Waals surface area contributed by atoms with Gasteiger partial charge >= 0.3 is 0 Å². The Morgan fingerprint density at radius 1 is 0.968 bits per heavy atom. The Morgan fingerprint density at radius 3 is 2.19 bits per heavy atom. The fraction of sp³-hybridized carbons (Fsp3) is 0.292. The predicted molar refractivity (Wildman–Crippen MR) is 116 cm³/mol. The molecule has 1 N–H and O–H groups in total. The Balaban J connectivity index is 1.50. The Morgan fingerprint density at radius 2 is 1.58 bits per heavy atom. The van der Waals surface area contributed by atoms with Crippen LogP contribution in [-0.4, -0.2) is 31.9 Å². The number of ether oxygens (including phenoxy) is 2. The standard InChI is InChI=1S/C24H24N2O5/c1-14-4-9-20-21(10-14)24(29)26(23(20)28)17-7-5-15(6-8-17)22(27)25-16-11-18(30-2)13-19(12-16)31-3/h4-8,11-13,20-21H,9-10H2,1-3H3,(H,25,27)/t20-,21-/m0/s1. The smallest absolute Gasteiger partial charge is 0.255 e. The topological polar surface area (TPSA) is 84.9 Å². The summed E-state index contributed by atoms with van der Waals surface area (Å²) in [6.07, 6.45) is 3.26. The first-order valence-electron chi connectivity index (χ1n) is 10.1. The van der Waals surface area contributed by atoms with Crippen LogP contribution in [0, 0.1) is 11.8 Å². The summed E-state index contributed by atoms with van der Waals surface area (Å²) in [5.74, 6) is -0.118. The molecule has 160 valence electrons. The van der Waals surface area contributed by atoms with Crippen LogP contribution in [0.1, 0.15) is 30.1 Å². The van der Waals surface area contributed by atoms with Gasteiger partial charge in [-0.25, -0.2) is 0 Å². The van der Waals surface area contributed by atoms with E-state index in [0.29, 0.717) is 41.3 Å². The SMILES string of the molecule is COc1cc(NC(=O)c2ccc(N3C(=O)[C@H]4CC=C(C)C[C@@H]4C3=O)cc2)cc(OC)c1. The maximum absolute atomic E-state index is 12.9. The molecule has 2 aromatic rings. The highest BCUT2D eigenvalue weighted by Crippen LogP contribution is 2.39. The number of methoxy groups -OCH3 is 2. The lowest BCUT2D eigenvalue weighted by molar-refractivity contribution is -0.122. The zero-order valence-electron chi connectivity index (χ0n) is 17.7. The number of rotatable bonds is 5. The molecule has 0 radical (unpaired) electrons. The van der Waals surface area contributed by atoms with Crippen molar-refractivity contribution in [2.45, 2.75) is 19.8 Å². The molecule has 3 amide bonds. The summed E-state index contributed by atoms with van der Waals surface area (Å²) in [5, 5.41) is 2.81. The van der Waals surface area contributed by atoms with Crippen molar-refractivity contribution >= 4 is 29.1 Å². The monoisotopic (exact) mass is 420 g/mol. The van der Waals surface area contributed by atoms with Crippen LogP contribution < -0.4 is 19.7 Å². The van der Waals surface area contributed by atoms with Gasteiger partial charge in [-0.1, -0.05) is 11.6 Å². The van der Waals surface area contributed by atoms with Crippen molar-refractivity contribution in [3.63, 3.8) is 0 Å². The molecule has 1 saturated heterocycles. The van der Waals surface area contributed by atoms with Crippen LogP contribution in [0.15, 0.2) is 54.1 Å². The molecule has 7 nitrogen and oxygen atoms in total. The van der Waals surface area contributed by atoms with E-state index in [0.717, 1.165) is 5.57 Å². The summed E-state index contributed by atoms with van der Waals surface area (Å²) < 4.78 is 10.4. The van der Waals surface area contributed by atoms with Gasteiger partial charge in [-0.3, -0.25) is 19.3 Å². The summed E-state index contributed by atoms with van der Waals surface area (Å²) in [6, 6.07) is 11.6. The minimum absolute atomic E-state index is 0.164. The predicted octanol–water partition coefficient (Wildman–Crippen LogP) is 3.80. The van der Waals surface area contributed by atoms with Crippen LogP contribution in [0.3, 0.4) is 0 Å². The number of hydrogen-bond donors (Lipinski definition) is 1. The molecule has 31 heavy (non-hydrogen) atoms. The largest absolute Gasteiger partial charge is 0.497 e. The molecular weight excluding hydrogens is 396 g/mol. The summed E-state index contributed by atoms with van der Waals surface area (Å²) in [6.45, 7) is 1.99. The second kappa shape index (κ2) is 8.26. The lowest BCUT2D eigenvalue weighted by Crippen LogP contribution is -2.30. The van der Waals surface area contributed by atoms with Gasteiger partial charge in [0.25, 0.3) is 5.91 Å². The van der Waals surface area contributed by atoms with Gasteiger partial charge in [0.1, 0.15) is 11.5 Å². The van der Waals surface area contributed by atoms with Gasteiger partial charge < -0.3 is 14.8 Å². The number of nitrogens with one attached hydrogen (secondary N) is 1. The molecule has 0 bridgehead atoms. The highest BCUT2D eigenvalue weighted by atomic mass is 16.5. The Labute approximate surface area is 180 Å².